The Bertz CT molecular complexity index is 2140. The van der Waals surface area contributed by atoms with Gasteiger partial charge >= 0.3 is 0 Å². The van der Waals surface area contributed by atoms with Gasteiger partial charge in [-0.3, -0.25) is 0 Å². The molecule has 0 saturated heterocycles. The summed E-state index contributed by atoms with van der Waals surface area (Å²) in [6.07, 6.45) is 0. The van der Waals surface area contributed by atoms with Crippen molar-refractivity contribution in [2.45, 2.75) is 0 Å². The molecule has 43 heavy (non-hydrogen) atoms. The van der Waals surface area contributed by atoms with Crippen LogP contribution in [-0.4, -0.2) is 9.61 Å². The highest BCUT2D eigenvalue weighted by Crippen LogP contribution is 2.42. The van der Waals surface area contributed by atoms with Crippen molar-refractivity contribution in [3.05, 3.63) is 170 Å². The minimum atomic E-state index is 0.967. The third-order valence-corrected chi connectivity index (χ3v) is 8.17. The molecule has 0 bridgehead atoms. The minimum absolute atomic E-state index is 0.967. The van der Waals surface area contributed by atoms with Crippen LogP contribution in [0.1, 0.15) is 0 Å². The second-order valence-corrected chi connectivity index (χ2v) is 10.9. The fraction of sp³-hybridized carbons (Fsp3) is 0. The third-order valence-electron chi connectivity index (χ3n) is 8.17. The molecule has 2 heteroatoms. The Morgan fingerprint density at radius 3 is 1.42 bits per heavy atom. The Labute approximate surface area is 251 Å². The number of hydrogen-bond acceptors (Lipinski definition) is 1. The zero-order valence-electron chi connectivity index (χ0n) is 23.6. The number of aromatic nitrogens is 2. The summed E-state index contributed by atoms with van der Waals surface area (Å²) in [5.74, 6) is 0. The van der Waals surface area contributed by atoms with Crippen LogP contribution in [0, 0.1) is 0 Å². The van der Waals surface area contributed by atoms with Crippen molar-refractivity contribution in [2.24, 2.45) is 0 Å². The Kier molecular flexibility index (Phi) is 6.16. The first-order valence-corrected chi connectivity index (χ1v) is 14.7. The lowest BCUT2D eigenvalue weighted by Crippen LogP contribution is -1.95. The number of pyridine rings is 1. The van der Waals surface area contributed by atoms with E-state index in [0.29, 0.717) is 0 Å². The largest absolute Gasteiger partial charge is 0.231 e. The maximum Gasteiger partial charge on any atom is 0.101 e. The number of rotatable bonds is 5. The van der Waals surface area contributed by atoms with E-state index >= 15 is 0 Å². The van der Waals surface area contributed by atoms with Crippen LogP contribution in [0.2, 0.25) is 0 Å². The van der Waals surface area contributed by atoms with E-state index in [1.807, 2.05) is 0 Å². The van der Waals surface area contributed by atoms with Gasteiger partial charge in [-0.1, -0.05) is 146 Å². The predicted octanol–water partition coefficient (Wildman–Crippen LogP) is 10.8. The van der Waals surface area contributed by atoms with Crippen LogP contribution < -0.4 is 0 Å². The van der Waals surface area contributed by atoms with Gasteiger partial charge in [0.15, 0.2) is 0 Å². The highest BCUT2D eigenvalue weighted by molar-refractivity contribution is 6.08. The van der Waals surface area contributed by atoms with Gasteiger partial charge in [0.1, 0.15) is 5.69 Å². The van der Waals surface area contributed by atoms with E-state index in [9.17, 15) is 0 Å². The average Bonchev–Trinajstić information content (AvgIpc) is 3.50. The third kappa shape index (κ3) is 4.50. The Morgan fingerprint density at radius 1 is 0.372 bits per heavy atom. The SMILES string of the molecule is c1ccc(-c2cc(-c3ccccc3)cc(-c3nn4c(-c5ccccc5)cc5ccccc5c4c3-c3ccccc3)c2)cc1. The van der Waals surface area contributed by atoms with Gasteiger partial charge in [0.25, 0.3) is 0 Å². The summed E-state index contributed by atoms with van der Waals surface area (Å²) in [6, 6.07) is 60.3. The molecule has 2 heterocycles. The van der Waals surface area contributed by atoms with E-state index in [1.165, 1.54) is 33.0 Å². The molecule has 0 radical (unpaired) electrons. The van der Waals surface area contributed by atoms with Crippen molar-refractivity contribution in [1.82, 2.24) is 9.61 Å². The van der Waals surface area contributed by atoms with Gasteiger partial charge in [0.2, 0.25) is 0 Å². The molecule has 0 aliphatic rings. The van der Waals surface area contributed by atoms with Gasteiger partial charge in [-0.05, 0) is 57.5 Å². The molecule has 0 spiro atoms. The summed E-state index contributed by atoms with van der Waals surface area (Å²) in [6.45, 7) is 0. The van der Waals surface area contributed by atoms with Crippen molar-refractivity contribution in [3.63, 3.8) is 0 Å². The quantitative estimate of drug-likeness (QED) is 0.209. The second-order valence-electron chi connectivity index (χ2n) is 10.9. The lowest BCUT2D eigenvalue weighted by molar-refractivity contribution is 0.980. The van der Waals surface area contributed by atoms with Gasteiger partial charge in [-0.2, -0.15) is 5.10 Å². The second kappa shape index (κ2) is 10.6. The van der Waals surface area contributed by atoms with Gasteiger partial charge < -0.3 is 0 Å². The maximum atomic E-state index is 5.47. The molecule has 0 N–H and O–H groups in total. The molecule has 6 aromatic carbocycles. The predicted molar refractivity (Wildman–Crippen MR) is 180 cm³/mol. The summed E-state index contributed by atoms with van der Waals surface area (Å²) in [5, 5.41) is 7.85. The summed E-state index contributed by atoms with van der Waals surface area (Å²) in [5.41, 5.74) is 12.4. The Morgan fingerprint density at radius 2 is 0.837 bits per heavy atom. The summed E-state index contributed by atoms with van der Waals surface area (Å²) in [7, 11) is 0. The molecule has 8 aromatic rings. The van der Waals surface area contributed by atoms with E-state index < -0.39 is 0 Å². The smallest absolute Gasteiger partial charge is 0.101 e. The Hall–Kier alpha value is -5.73. The lowest BCUT2D eigenvalue weighted by atomic mass is 9.92. The van der Waals surface area contributed by atoms with Gasteiger partial charge in [0, 0.05) is 22.1 Å². The Balaban J connectivity index is 1.51. The van der Waals surface area contributed by atoms with E-state index in [0.717, 1.165) is 39.2 Å². The monoisotopic (exact) mass is 548 g/mol. The summed E-state index contributed by atoms with van der Waals surface area (Å²) in [4.78, 5) is 0. The van der Waals surface area contributed by atoms with Crippen LogP contribution in [0.25, 0.3) is 72.2 Å². The molecule has 0 aliphatic heterocycles. The van der Waals surface area contributed by atoms with Crippen LogP contribution in [-0.2, 0) is 0 Å². The molecule has 0 aliphatic carbocycles. The van der Waals surface area contributed by atoms with Crippen LogP contribution in [0.3, 0.4) is 0 Å². The fourth-order valence-electron chi connectivity index (χ4n) is 6.14. The molecule has 0 amide bonds. The summed E-state index contributed by atoms with van der Waals surface area (Å²) >= 11 is 0. The zero-order valence-corrected chi connectivity index (χ0v) is 23.6. The number of fused-ring (bicyclic) bond motifs is 3. The molecule has 2 aromatic heterocycles. The first-order chi connectivity index (χ1) is 21.3. The number of nitrogens with zero attached hydrogens (tertiary/aromatic N) is 2. The number of benzene rings is 6. The van der Waals surface area contributed by atoms with E-state index in [1.54, 1.807) is 0 Å². The van der Waals surface area contributed by atoms with E-state index in [4.69, 9.17) is 5.10 Å². The topological polar surface area (TPSA) is 17.3 Å². The fourth-order valence-corrected chi connectivity index (χ4v) is 6.14. The molecule has 8 rings (SSSR count). The molecular formula is C41H28N2. The van der Waals surface area contributed by atoms with Crippen LogP contribution >= 0.6 is 0 Å². The molecular weight excluding hydrogens is 520 g/mol. The van der Waals surface area contributed by atoms with Gasteiger partial charge in [-0.15, -0.1) is 0 Å². The molecule has 0 unspecified atom stereocenters. The highest BCUT2D eigenvalue weighted by Gasteiger charge is 2.22. The van der Waals surface area contributed by atoms with Crippen molar-refractivity contribution in [3.8, 4) is 55.9 Å². The standard InChI is InChI=1S/C41H28N2/c1-5-15-29(16-6-1)34-25-35(30-17-7-2-8-18-30)27-36(26-34)40-39(32-21-11-4-12-22-32)41-37-24-14-13-23-33(37)28-38(43(41)42-40)31-19-9-3-10-20-31/h1-28H. The highest BCUT2D eigenvalue weighted by atomic mass is 15.2. The summed E-state index contributed by atoms with van der Waals surface area (Å²) < 4.78 is 2.16. The van der Waals surface area contributed by atoms with Crippen LogP contribution in [0.5, 0.6) is 0 Å². The lowest BCUT2D eigenvalue weighted by Gasteiger charge is -2.12. The van der Waals surface area contributed by atoms with Crippen LogP contribution in [0.15, 0.2) is 170 Å². The van der Waals surface area contributed by atoms with Crippen molar-refractivity contribution in [2.75, 3.05) is 0 Å². The zero-order chi connectivity index (χ0) is 28.6. The minimum Gasteiger partial charge on any atom is -0.231 e. The van der Waals surface area contributed by atoms with Gasteiger partial charge in [0.05, 0.1) is 11.2 Å². The average molecular weight is 549 g/mol. The van der Waals surface area contributed by atoms with Crippen molar-refractivity contribution < 1.29 is 0 Å². The number of hydrogen-bond donors (Lipinski definition) is 0. The first-order valence-electron chi connectivity index (χ1n) is 14.7. The van der Waals surface area contributed by atoms with E-state index in [-0.39, 0.29) is 0 Å². The molecule has 0 fully saturated rings. The van der Waals surface area contributed by atoms with Crippen LogP contribution in [0.4, 0.5) is 0 Å². The first kappa shape index (κ1) is 25.0. The van der Waals surface area contributed by atoms with Gasteiger partial charge in [-0.25, -0.2) is 4.52 Å². The molecule has 0 atom stereocenters. The van der Waals surface area contributed by atoms with E-state index in [2.05, 4.69) is 174 Å². The van der Waals surface area contributed by atoms with Crippen molar-refractivity contribution in [1.29, 1.82) is 0 Å². The maximum absolute atomic E-state index is 5.47. The molecule has 202 valence electrons. The van der Waals surface area contributed by atoms with Crippen molar-refractivity contribution >= 4 is 16.3 Å². The molecule has 0 saturated carbocycles. The molecule has 2 nitrogen and oxygen atoms in total. The normalized spacial score (nSPS) is 11.3.